The van der Waals surface area contributed by atoms with E-state index >= 15 is 0 Å². The highest BCUT2D eigenvalue weighted by Gasteiger charge is 2.16. The first kappa shape index (κ1) is 16.3. The summed E-state index contributed by atoms with van der Waals surface area (Å²) in [7, 11) is 0. The zero-order chi connectivity index (χ0) is 15.0. The summed E-state index contributed by atoms with van der Waals surface area (Å²) in [6, 6.07) is 3.09. The van der Waals surface area contributed by atoms with Gasteiger partial charge in [-0.1, -0.05) is 0 Å². The van der Waals surface area contributed by atoms with Gasteiger partial charge in [-0.3, -0.25) is 10.1 Å². The molecule has 0 N–H and O–H groups in total. The highest BCUT2D eigenvalue weighted by atomic mass is 19.1. The molecule has 0 heterocycles. The normalized spacial score (nSPS) is 10.8. The lowest BCUT2D eigenvalue weighted by Crippen LogP contribution is -2.20. The first-order valence-corrected chi connectivity index (χ1v) is 6.38. The first-order valence-electron chi connectivity index (χ1n) is 6.38. The van der Waals surface area contributed by atoms with Crippen LogP contribution in [0.25, 0.3) is 0 Å². The molecule has 112 valence electrons. The van der Waals surface area contributed by atoms with Crippen molar-refractivity contribution in [1.29, 1.82) is 0 Å². The maximum atomic E-state index is 13.1. The molecule has 1 rings (SSSR count). The van der Waals surface area contributed by atoms with Crippen LogP contribution < -0.4 is 4.74 Å². The quantitative estimate of drug-likeness (QED) is 0.397. The predicted molar refractivity (Wildman–Crippen MR) is 70.2 cm³/mol. The van der Waals surface area contributed by atoms with Gasteiger partial charge in [-0.05, 0) is 19.9 Å². The molecule has 0 saturated heterocycles. The van der Waals surface area contributed by atoms with Crippen LogP contribution >= 0.6 is 0 Å². The molecule has 1 aromatic carbocycles. The minimum absolute atomic E-state index is 0.0956. The summed E-state index contributed by atoms with van der Waals surface area (Å²) in [6.07, 6.45) is -0.0346. The van der Waals surface area contributed by atoms with Crippen molar-refractivity contribution in [1.82, 2.24) is 0 Å². The number of rotatable bonds is 9. The average molecular weight is 287 g/mol. The molecule has 0 aliphatic rings. The van der Waals surface area contributed by atoms with Crippen molar-refractivity contribution < 1.29 is 23.5 Å². The molecule has 0 aromatic heterocycles. The van der Waals surface area contributed by atoms with E-state index in [0.29, 0.717) is 19.6 Å². The highest BCUT2D eigenvalue weighted by Crippen LogP contribution is 2.27. The summed E-state index contributed by atoms with van der Waals surface area (Å²) < 4.78 is 29.0. The van der Waals surface area contributed by atoms with Crippen molar-refractivity contribution in [3.8, 4) is 5.75 Å². The number of nitro groups is 1. The number of ether oxygens (including phenoxy) is 3. The monoisotopic (exact) mass is 287 g/mol. The molecule has 7 heteroatoms. The van der Waals surface area contributed by atoms with Crippen LogP contribution in [0.4, 0.5) is 10.1 Å². The molecular weight excluding hydrogens is 269 g/mol. The van der Waals surface area contributed by atoms with E-state index < -0.39 is 17.0 Å². The van der Waals surface area contributed by atoms with Gasteiger partial charge in [0.1, 0.15) is 5.82 Å². The fraction of sp³-hybridized carbons (Fsp3) is 0.538. The second kappa shape index (κ2) is 8.44. The molecule has 0 bridgehead atoms. The number of nitro benzene ring substituents is 1. The number of hydrogen-bond donors (Lipinski definition) is 0. The Morgan fingerprint density at radius 2 is 1.95 bits per heavy atom. The molecule has 0 aliphatic heterocycles. The Labute approximate surface area is 116 Å². The van der Waals surface area contributed by atoms with E-state index in [4.69, 9.17) is 14.2 Å². The van der Waals surface area contributed by atoms with Gasteiger partial charge in [0.15, 0.2) is 12.0 Å². The molecular formula is C13H18FNO5. The van der Waals surface area contributed by atoms with E-state index in [1.807, 2.05) is 13.8 Å². The number of hydrogen-bond acceptors (Lipinski definition) is 5. The fourth-order valence-corrected chi connectivity index (χ4v) is 1.61. The lowest BCUT2D eigenvalue weighted by atomic mass is 10.3. The van der Waals surface area contributed by atoms with Gasteiger partial charge in [0.2, 0.25) is 0 Å². The Hall–Kier alpha value is -1.73. The third kappa shape index (κ3) is 5.10. The van der Waals surface area contributed by atoms with Crippen LogP contribution in [0.15, 0.2) is 18.2 Å². The number of benzene rings is 1. The van der Waals surface area contributed by atoms with Crippen LogP contribution in [-0.2, 0) is 9.47 Å². The second-order valence-electron chi connectivity index (χ2n) is 3.85. The smallest absolute Gasteiger partial charge is 0.311 e. The SMILES string of the molecule is CCOC(CCOc1cc(F)ccc1[N+](=O)[O-])OCC. The Kier molecular flexibility index (Phi) is 6.89. The molecule has 0 amide bonds. The van der Waals surface area contributed by atoms with Crippen molar-refractivity contribution in [2.24, 2.45) is 0 Å². The van der Waals surface area contributed by atoms with Crippen molar-refractivity contribution in [3.63, 3.8) is 0 Å². The summed E-state index contributed by atoms with van der Waals surface area (Å²) in [5.74, 6) is -0.682. The third-order valence-corrected chi connectivity index (χ3v) is 2.43. The predicted octanol–water partition coefficient (Wildman–Crippen LogP) is 2.90. The largest absolute Gasteiger partial charge is 0.487 e. The Morgan fingerprint density at radius 1 is 1.30 bits per heavy atom. The standard InChI is InChI=1S/C13H18FNO5/c1-3-18-13(19-4-2)7-8-20-12-9-10(14)5-6-11(12)15(16)17/h5-6,9,13H,3-4,7-8H2,1-2H3. The Bertz CT molecular complexity index is 435. The van der Waals surface area contributed by atoms with Crippen LogP contribution in [0.3, 0.4) is 0 Å². The zero-order valence-electron chi connectivity index (χ0n) is 11.5. The van der Waals surface area contributed by atoms with Crippen LogP contribution in [0.2, 0.25) is 0 Å². The summed E-state index contributed by atoms with van der Waals surface area (Å²) in [6.45, 7) is 4.79. The molecule has 6 nitrogen and oxygen atoms in total. The maximum absolute atomic E-state index is 13.1. The third-order valence-electron chi connectivity index (χ3n) is 2.43. The van der Waals surface area contributed by atoms with E-state index in [0.717, 1.165) is 18.2 Å². The van der Waals surface area contributed by atoms with E-state index in [9.17, 15) is 14.5 Å². The molecule has 20 heavy (non-hydrogen) atoms. The minimum atomic E-state index is -0.614. The summed E-state index contributed by atoms with van der Waals surface area (Å²) >= 11 is 0. The maximum Gasteiger partial charge on any atom is 0.311 e. The minimum Gasteiger partial charge on any atom is -0.487 e. The van der Waals surface area contributed by atoms with Gasteiger partial charge in [-0.15, -0.1) is 0 Å². The molecule has 0 spiro atoms. The molecule has 0 fully saturated rings. The molecule has 0 saturated carbocycles. The van der Waals surface area contributed by atoms with Crippen molar-refractivity contribution in [2.45, 2.75) is 26.6 Å². The first-order chi connectivity index (χ1) is 9.58. The van der Waals surface area contributed by atoms with Crippen LogP contribution in [-0.4, -0.2) is 31.0 Å². The van der Waals surface area contributed by atoms with Crippen LogP contribution in [0, 0.1) is 15.9 Å². The van der Waals surface area contributed by atoms with E-state index in [-0.39, 0.29) is 18.0 Å². The van der Waals surface area contributed by atoms with E-state index in [1.54, 1.807) is 0 Å². The van der Waals surface area contributed by atoms with Gasteiger partial charge in [0.25, 0.3) is 0 Å². The highest BCUT2D eigenvalue weighted by molar-refractivity contribution is 5.46. The van der Waals surface area contributed by atoms with Gasteiger partial charge in [-0.2, -0.15) is 0 Å². The molecule has 1 aromatic rings. The van der Waals surface area contributed by atoms with E-state index in [2.05, 4.69) is 0 Å². The molecule has 0 atom stereocenters. The number of nitrogens with zero attached hydrogens (tertiary/aromatic N) is 1. The molecule has 0 aliphatic carbocycles. The van der Waals surface area contributed by atoms with Crippen LogP contribution in [0.1, 0.15) is 20.3 Å². The number of halogens is 1. The van der Waals surface area contributed by atoms with Gasteiger partial charge in [0.05, 0.1) is 11.5 Å². The van der Waals surface area contributed by atoms with Gasteiger partial charge in [0, 0.05) is 31.8 Å². The molecule has 0 unspecified atom stereocenters. The topological polar surface area (TPSA) is 70.8 Å². The lowest BCUT2D eigenvalue weighted by Gasteiger charge is -2.16. The zero-order valence-corrected chi connectivity index (χ0v) is 11.5. The molecule has 0 radical (unpaired) electrons. The van der Waals surface area contributed by atoms with Gasteiger partial charge >= 0.3 is 5.69 Å². The summed E-state index contributed by atoms with van der Waals surface area (Å²) in [4.78, 5) is 10.2. The summed E-state index contributed by atoms with van der Waals surface area (Å²) in [5.41, 5.74) is -0.268. The fourth-order valence-electron chi connectivity index (χ4n) is 1.61. The van der Waals surface area contributed by atoms with Gasteiger partial charge < -0.3 is 14.2 Å². The second-order valence-corrected chi connectivity index (χ2v) is 3.85. The Balaban J connectivity index is 2.60. The summed E-state index contributed by atoms with van der Waals surface area (Å²) in [5, 5.41) is 10.8. The Morgan fingerprint density at radius 3 is 2.50 bits per heavy atom. The van der Waals surface area contributed by atoms with Crippen molar-refractivity contribution in [3.05, 3.63) is 34.1 Å². The van der Waals surface area contributed by atoms with E-state index in [1.165, 1.54) is 0 Å². The van der Waals surface area contributed by atoms with Crippen LogP contribution in [0.5, 0.6) is 5.75 Å². The van der Waals surface area contributed by atoms with Crippen molar-refractivity contribution >= 4 is 5.69 Å². The van der Waals surface area contributed by atoms with Crippen molar-refractivity contribution in [2.75, 3.05) is 19.8 Å². The average Bonchev–Trinajstić information content (AvgIpc) is 2.39. The van der Waals surface area contributed by atoms with Gasteiger partial charge in [-0.25, -0.2) is 4.39 Å². The lowest BCUT2D eigenvalue weighted by molar-refractivity contribution is -0.386.